The summed E-state index contributed by atoms with van der Waals surface area (Å²) < 4.78 is 5.83. The van der Waals surface area contributed by atoms with E-state index >= 15 is 0 Å². The summed E-state index contributed by atoms with van der Waals surface area (Å²) >= 11 is 0. The van der Waals surface area contributed by atoms with E-state index in [0.717, 1.165) is 16.5 Å². The molecule has 5 nitrogen and oxygen atoms in total. The molecule has 0 saturated carbocycles. The smallest absolute Gasteiger partial charge is 0.226 e. The van der Waals surface area contributed by atoms with Crippen LogP contribution < -0.4 is 10.1 Å². The van der Waals surface area contributed by atoms with Crippen LogP contribution in [-0.2, 0) is 0 Å². The highest BCUT2D eigenvalue weighted by molar-refractivity contribution is 5.79. The predicted octanol–water partition coefficient (Wildman–Crippen LogP) is 3.17. The van der Waals surface area contributed by atoms with Gasteiger partial charge in [-0.05, 0) is 25.1 Å². The SMILES string of the molecule is CNc1ncc(C)c(Oc2ccc3cccnc3c2)n1. The number of hydrogen-bond acceptors (Lipinski definition) is 5. The molecule has 20 heavy (non-hydrogen) atoms. The summed E-state index contributed by atoms with van der Waals surface area (Å²) in [4.78, 5) is 12.8. The molecule has 0 aliphatic heterocycles. The lowest BCUT2D eigenvalue weighted by Gasteiger charge is -2.09. The van der Waals surface area contributed by atoms with E-state index < -0.39 is 0 Å². The van der Waals surface area contributed by atoms with Crippen molar-refractivity contribution in [3.8, 4) is 11.6 Å². The molecule has 0 saturated heterocycles. The van der Waals surface area contributed by atoms with E-state index in [1.165, 1.54) is 0 Å². The van der Waals surface area contributed by atoms with Crippen molar-refractivity contribution in [2.75, 3.05) is 12.4 Å². The van der Waals surface area contributed by atoms with Gasteiger partial charge in [-0.25, -0.2) is 4.98 Å². The zero-order valence-electron chi connectivity index (χ0n) is 11.3. The minimum Gasteiger partial charge on any atom is -0.438 e. The number of fused-ring (bicyclic) bond motifs is 1. The Labute approximate surface area is 116 Å². The van der Waals surface area contributed by atoms with Gasteiger partial charge in [0, 0.05) is 36.5 Å². The molecule has 0 aliphatic rings. The number of benzene rings is 1. The van der Waals surface area contributed by atoms with Gasteiger partial charge in [-0.2, -0.15) is 4.98 Å². The lowest BCUT2D eigenvalue weighted by atomic mass is 10.2. The van der Waals surface area contributed by atoms with Gasteiger partial charge in [0.15, 0.2) is 0 Å². The van der Waals surface area contributed by atoms with E-state index in [1.807, 2.05) is 37.3 Å². The zero-order chi connectivity index (χ0) is 13.9. The van der Waals surface area contributed by atoms with Crippen molar-refractivity contribution in [1.29, 1.82) is 0 Å². The maximum atomic E-state index is 5.83. The number of hydrogen-bond donors (Lipinski definition) is 1. The fourth-order valence-electron chi connectivity index (χ4n) is 1.87. The first kappa shape index (κ1) is 12.3. The third kappa shape index (κ3) is 2.38. The van der Waals surface area contributed by atoms with E-state index in [-0.39, 0.29) is 0 Å². The fraction of sp³-hybridized carbons (Fsp3) is 0.133. The van der Waals surface area contributed by atoms with E-state index in [0.29, 0.717) is 17.6 Å². The van der Waals surface area contributed by atoms with Crippen molar-refractivity contribution >= 4 is 16.9 Å². The third-order valence-electron chi connectivity index (χ3n) is 2.94. The number of pyridine rings is 1. The monoisotopic (exact) mass is 266 g/mol. The molecule has 1 aromatic carbocycles. The molecule has 3 rings (SSSR count). The quantitative estimate of drug-likeness (QED) is 0.789. The normalized spacial score (nSPS) is 10.5. The number of anilines is 1. The molecule has 2 heterocycles. The van der Waals surface area contributed by atoms with Crippen LogP contribution in [0.2, 0.25) is 0 Å². The highest BCUT2D eigenvalue weighted by atomic mass is 16.5. The van der Waals surface area contributed by atoms with E-state index in [4.69, 9.17) is 4.74 Å². The van der Waals surface area contributed by atoms with Crippen molar-refractivity contribution in [3.63, 3.8) is 0 Å². The van der Waals surface area contributed by atoms with Crippen molar-refractivity contribution in [3.05, 3.63) is 48.3 Å². The molecular weight excluding hydrogens is 252 g/mol. The average Bonchev–Trinajstić information content (AvgIpc) is 2.49. The largest absolute Gasteiger partial charge is 0.438 e. The summed E-state index contributed by atoms with van der Waals surface area (Å²) in [5.41, 5.74) is 1.77. The van der Waals surface area contributed by atoms with Crippen LogP contribution >= 0.6 is 0 Å². The zero-order valence-corrected chi connectivity index (χ0v) is 11.3. The van der Waals surface area contributed by atoms with Gasteiger partial charge in [-0.3, -0.25) is 4.98 Å². The Morgan fingerprint density at radius 1 is 1.15 bits per heavy atom. The number of rotatable bonds is 3. The van der Waals surface area contributed by atoms with Gasteiger partial charge >= 0.3 is 0 Å². The summed E-state index contributed by atoms with van der Waals surface area (Å²) in [5, 5.41) is 3.97. The van der Waals surface area contributed by atoms with Gasteiger partial charge in [0.25, 0.3) is 0 Å². The number of aryl methyl sites for hydroxylation is 1. The van der Waals surface area contributed by atoms with Gasteiger partial charge < -0.3 is 10.1 Å². The van der Waals surface area contributed by atoms with Gasteiger partial charge in [-0.1, -0.05) is 6.07 Å². The molecule has 0 aliphatic carbocycles. The van der Waals surface area contributed by atoms with E-state index in [2.05, 4.69) is 20.3 Å². The molecule has 0 radical (unpaired) electrons. The Kier molecular flexibility index (Phi) is 3.16. The minimum absolute atomic E-state index is 0.532. The summed E-state index contributed by atoms with van der Waals surface area (Å²) in [5.74, 6) is 1.78. The molecule has 0 amide bonds. The molecular formula is C15H14N4O. The molecule has 0 bridgehead atoms. The molecule has 3 aromatic rings. The van der Waals surface area contributed by atoms with Crippen LogP contribution in [0.4, 0.5) is 5.95 Å². The Bertz CT molecular complexity index is 758. The van der Waals surface area contributed by atoms with Gasteiger partial charge in [0.05, 0.1) is 5.52 Å². The maximum absolute atomic E-state index is 5.83. The molecule has 2 aromatic heterocycles. The van der Waals surface area contributed by atoms with Crippen LogP contribution in [0.25, 0.3) is 10.9 Å². The predicted molar refractivity (Wildman–Crippen MR) is 78.1 cm³/mol. The standard InChI is InChI=1S/C15H14N4O/c1-10-9-18-15(16-2)19-14(10)20-12-6-5-11-4-3-7-17-13(11)8-12/h3-9H,1-2H3,(H,16,18,19). The Hall–Kier alpha value is -2.69. The fourth-order valence-corrected chi connectivity index (χ4v) is 1.87. The maximum Gasteiger partial charge on any atom is 0.226 e. The summed E-state index contributed by atoms with van der Waals surface area (Å²) in [6.07, 6.45) is 3.49. The molecule has 0 unspecified atom stereocenters. The van der Waals surface area contributed by atoms with Gasteiger partial charge in [0.2, 0.25) is 11.8 Å². The van der Waals surface area contributed by atoms with Crippen molar-refractivity contribution < 1.29 is 4.74 Å². The molecule has 0 spiro atoms. The van der Waals surface area contributed by atoms with Crippen LogP contribution in [0.5, 0.6) is 11.6 Å². The first-order valence-corrected chi connectivity index (χ1v) is 6.30. The second-order valence-electron chi connectivity index (χ2n) is 4.39. The molecule has 0 atom stereocenters. The average molecular weight is 266 g/mol. The number of nitrogens with one attached hydrogen (secondary N) is 1. The number of ether oxygens (including phenoxy) is 1. The lowest BCUT2D eigenvalue weighted by molar-refractivity contribution is 0.459. The topological polar surface area (TPSA) is 59.9 Å². The first-order chi connectivity index (χ1) is 9.76. The van der Waals surface area contributed by atoms with Crippen LogP contribution in [0.1, 0.15) is 5.56 Å². The third-order valence-corrected chi connectivity index (χ3v) is 2.94. The van der Waals surface area contributed by atoms with E-state index in [1.54, 1.807) is 19.4 Å². The van der Waals surface area contributed by atoms with Crippen molar-refractivity contribution in [2.24, 2.45) is 0 Å². The Morgan fingerprint density at radius 3 is 2.90 bits per heavy atom. The van der Waals surface area contributed by atoms with E-state index in [9.17, 15) is 0 Å². The van der Waals surface area contributed by atoms with Crippen LogP contribution in [-0.4, -0.2) is 22.0 Å². The Balaban J connectivity index is 1.96. The van der Waals surface area contributed by atoms with Crippen LogP contribution in [0.15, 0.2) is 42.7 Å². The Morgan fingerprint density at radius 2 is 2.05 bits per heavy atom. The highest BCUT2D eigenvalue weighted by Gasteiger charge is 2.06. The van der Waals surface area contributed by atoms with Crippen molar-refractivity contribution in [1.82, 2.24) is 15.0 Å². The van der Waals surface area contributed by atoms with Crippen molar-refractivity contribution in [2.45, 2.75) is 6.92 Å². The number of nitrogens with zero attached hydrogens (tertiary/aromatic N) is 3. The van der Waals surface area contributed by atoms with Gasteiger partial charge in [-0.15, -0.1) is 0 Å². The number of aromatic nitrogens is 3. The minimum atomic E-state index is 0.532. The molecule has 0 fully saturated rings. The highest BCUT2D eigenvalue weighted by Crippen LogP contribution is 2.25. The first-order valence-electron chi connectivity index (χ1n) is 6.30. The van der Waals surface area contributed by atoms with Crippen LogP contribution in [0, 0.1) is 6.92 Å². The second-order valence-corrected chi connectivity index (χ2v) is 4.39. The second kappa shape index (κ2) is 5.13. The molecule has 5 heteroatoms. The van der Waals surface area contributed by atoms with Gasteiger partial charge in [0.1, 0.15) is 5.75 Å². The summed E-state index contributed by atoms with van der Waals surface area (Å²) in [6.45, 7) is 1.91. The summed E-state index contributed by atoms with van der Waals surface area (Å²) in [7, 11) is 1.77. The molecule has 100 valence electrons. The van der Waals surface area contributed by atoms with Crippen LogP contribution in [0.3, 0.4) is 0 Å². The summed E-state index contributed by atoms with van der Waals surface area (Å²) in [6, 6.07) is 9.71. The lowest BCUT2D eigenvalue weighted by Crippen LogP contribution is -1.99. The molecule has 1 N–H and O–H groups in total.